The number of rotatable bonds is 5. The maximum absolute atomic E-state index is 12.9. The lowest BCUT2D eigenvalue weighted by Gasteiger charge is -2.32. The molecule has 23 heavy (non-hydrogen) atoms. The molecule has 5 heteroatoms. The smallest absolute Gasteiger partial charge is 0.254 e. The Labute approximate surface area is 136 Å². The number of morpholine rings is 1. The molecule has 1 saturated heterocycles. The lowest BCUT2D eigenvalue weighted by Crippen LogP contribution is -2.42. The zero-order valence-corrected chi connectivity index (χ0v) is 13.3. The molecule has 1 fully saturated rings. The van der Waals surface area contributed by atoms with Crippen molar-refractivity contribution in [2.45, 2.75) is 12.5 Å². The molecular weight excluding hydrogens is 292 g/mol. The van der Waals surface area contributed by atoms with Gasteiger partial charge < -0.3 is 19.4 Å². The van der Waals surface area contributed by atoms with E-state index in [4.69, 9.17) is 9.15 Å². The monoisotopic (exact) mass is 314 g/mol. The Hall–Kier alpha value is -2.11. The van der Waals surface area contributed by atoms with E-state index in [2.05, 4.69) is 5.32 Å². The minimum atomic E-state index is -0.188. The molecule has 3 rings (SSSR count). The SMILES string of the molecule is CNCCc1ccccc1C(=O)N1CCOC(c2ccco2)C1. The Balaban J connectivity index is 1.75. The number of ether oxygens (including phenoxy) is 1. The summed E-state index contributed by atoms with van der Waals surface area (Å²) in [6, 6.07) is 11.6. The number of likely N-dealkylation sites (N-methyl/N-ethyl adjacent to an activating group) is 1. The fourth-order valence-corrected chi connectivity index (χ4v) is 2.86. The van der Waals surface area contributed by atoms with Gasteiger partial charge in [0.05, 0.1) is 19.4 Å². The lowest BCUT2D eigenvalue weighted by atomic mass is 10.0. The molecule has 1 aromatic heterocycles. The largest absolute Gasteiger partial charge is 0.467 e. The second-order valence-electron chi connectivity index (χ2n) is 5.64. The Kier molecular flexibility index (Phi) is 5.10. The van der Waals surface area contributed by atoms with E-state index in [9.17, 15) is 4.79 Å². The normalized spacial score (nSPS) is 18.1. The van der Waals surface area contributed by atoms with Gasteiger partial charge in [0.2, 0.25) is 0 Å². The second-order valence-corrected chi connectivity index (χ2v) is 5.64. The number of benzene rings is 1. The van der Waals surface area contributed by atoms with Crippen LogP contribution in [0.25, 0.3) is 0 Å². The van der Waals surface area contributed by atoms with Crippen molar-refractivity contribution >= 4 is 5.91 Å². The molecule has 2 heterocycles. The summed E-state index contributed by atoms with van der Waals surface area (Å²) in [6.07, 6.45) is 2.28. The highest BCUT2D eigenvalue weighted by Crippen LogP contribution is 2.24. The van der Waals surface area contributed by atoms with Crippen LogP contribution in [-0.2, 0) is 11.2 Å². The fraction of sp³-hybridized carbons (Fsp3) is 0.389. The van der Waals surface area contributed by atoms with E-state index in [0.29, 0.717) is 19.7 Å². The van der Waals surface area contributed by atoms with Crippen LogP contribution < -0.4 is 5.32 Å². The molecule has 2 aromatic rings. The molecule has 1 aliphatic heterocycles. The zero-order valence-electron chi connectivity index (χ0n) is 13.3. The number of carbonyl (C=O) groups is 1. The number of amides is 1. The summed E-state index contributed by atoms with van der Waals surface area (Å²) in [4.78, 5) is 14.8. The van der Waals surface area contributed by atoms with Crippen LogP contribution in [0.5, 0.6) is 0 Å². The third kappa shape index (κ3) is 3.63. The summed E-state index contributed by atoms with van der Waals surface area (Å²) >= 11 is 0. The van der Waals surface area contributed by atoms with Crippen LogP contribution in [0.4, 0.5) is 0 Å². The fourth-order valence-electron chi connectivity index (χ4n) is 2.86. The van der Waals surface area contributed by atoms with Gasteiger partial charge in [0.1, 0.15) is 11.9 Å². The summed E-state index contributed by atoms with van der Waals surface area (Å²) in [5.41, 5.74) is 1.86. The molecule has 1 aliphatic rings. The third-order valence-corrected chi connectivity index (χ3v) is 4.11. The van der Waals surface area contributed by atoms with Crippen molar-refractivity contribution in [3.8, 4) is 0 Å². The van der Waals surface area contributed by atoms with Crippen LogP contribution in [0.15, 0.2) is 47.1 Å². The number of nitrogens with zero attached hydrogens (tertiary/aromatic N) is 1. The average Bonchev–Trinajstić information content (AvgIpc) is 3.14. The van der Waals surface area contributed by atoms with Gasteiger partial charge >= 0.3 is 0 Å². The molecule has 1 aromatic carbocycles. The highest BCUT2D eigenvalue weighted by Gasteiger charge is 2.28. The van der Waals surface area contributed by atoms with Gasteiger partial charge in [0.25, 0.3) is 5.91 Å². The Morgan fingerprint density at radius 3 is 2.96 bits per heavy atom. The lowest BCUT2D eigenvalue weighted by molar-refractivity contribution is -0.0321. The first-order valence-electron chi connectivity index (χ1n) is 7.96. The molecule has 0 saturated carbocycles. The van der Waals surface area contributed by atoms with Gasteiger partial charge in [-0.05, 0) is 43.8 Å². The number of hydrogen-bond acceptors (Lipinski definition) is 4. The van der Waals surface area contributed by atoms with Crippen LogP contribution in [0, 0.1) is 0 Å². The van der Waals surface area contributed by atoms with E-state index in [1.165, 1.54) is 0 Å². The van der Waals surface area contributed by atoms with E-state index >= 15 is 0 Å². The Bertz CT molecular complexity index is 639. The van der Waals surface area contributed by atoms with Crippen LogP contribution in [0.3, 0.4) is 0 Å². The van der Waals surface area contributed by atoms with Gasteiger partial charge in [0.15, 0.2) is 0 Å². The molecule has 0 bridgehead atoms. The minimum absolute atomic E-state index is 0.0663. The summed E-state index contributed by atoms with van der Waals surface area (Å²) in [5, 5.41) is 3.13. The highest BCUT2D eigenvalue weighted by molar-refractivity contribution is 5.95. The molecule has 5 nitrogen and oxygen atoms in total. The second kappa shape index (κ2) is 7.44. The first-order valence-corrected chi connectivity index (χ1v) is 7.96. The zero-order chi connectivity index (χ0) is 16.1. The summed E-state index contributed by atoms with van der Waals surface area (Å²) in [7, 11) is 1.92. The van der Waals surface area contributed by atoms with E-state index in [1.807, 2.05) is 48.3 Å². The van der Waals surface area contributed by atoms with Crippen molar-refractivity contribution in [2.75, 3.05) is 33.3 Å². The van der Waals surface area contributed by atoms with Crippen molar-refractivity contribution in [3.05, 3.63) is 59.5 Å². The number of hydrogen-bond donors (Lipinski definition) is 1. The predicted molar refractivity (Wildman–Crippen MR) is 87.4 cm³/mol. The molecule has 0 radical (unpaired) electrons. The van der Waals surface area contributed by atoms with Crippen LogP contribution >= 0.6 is 0 Å². The van der Waals surface area contributed by atoms with Crippen molar-refractivity contribution in [1.82, 2.24) is 10.2 Å². The number of furan rings is 1. The minimum Gasteiger partial charge on any atom is -0.467 e. The first kappa shape index (κ1) is 15.8. The third-order valence-electron chi connectivity index (χ3n) is 4.11. The van der Waals surface area contributed by atoms with Gasteiger partial charge in [-0.25, -0.2) is 0 Å². The number of nitrogens with one attached hydrogen (secondary N) is 1. The van der Waals surface area contributed by atoms with Crippen LogP contribution in [0.1, 0.15) is 27.8 Å². The van der Waals surface area contributed by atoms with Gasteiger partial charge in [-0.2, -0.15) is 0 Å². The first-order chi connectivity index (χ1) is 11.3. The van der Waals surface area contributed by atoms with Crippen molar-refractivity contribution in [1.29, 1.82) is 0 Å². The van der Waals surface area contributed by atoms with Gasteiger partial charge in [-0.1, -0.05) is 18.2 Å². The van der Waals surface area contributed by atoms with E-state index < -0.39 is 0 Å². The quantitative estimate of drug-likeness (QED) is 0.920. The van der Waals surface area contributed by atoms with Gasteiger partial charge in [-0.3, -0.25) is 4.79 Å². The molecule has 1 N–H and O–H groups in total. The van der Waals surface area contributed by atoms with Crippen LogP contribution in [-0.4, -0.2) is 44.1 Å². The molecule has 0 spiro atoms. The van der Waals surface area contributed by atoms with Crippen molar-refractivity contribution in [3.63, 3.8) is 0 Å². The maximum atomic E-state index is 12.9. The molecule has 1 atom stereocenters. The summed E-state index contributed by atoms with van der Waals surface area (Å²) in [6.45, 7) is 2.50. The Morgan fingerprint density at radius 1 is 1.30 bits per heavy atom. The standard InChI is InChI=1S/C18H22N2O3/c1-19-9-8-14-5-2-3-6-15(14)18(21)20-10-12-23-17(13-20)16-7-4-11-22-16/h2-7,11,17,19H,8-10,12-13H2,1H3. The van der Waals surface area contributed by atoms with Gasteiger partial charge in [0, 0.05) is 12.1 Å². The molecule has 1 amide bonds. The molecule has 122 valence electrons. The van der Waals surface area contributed by atoms with Crippen molar-refractivity contribution < 1.29 is 13.9 Å². The summed E-state index contributed by atoms with van der Waals surface area (Å²) in [5.74, 6) is 0.836. The highest BCUT2D eigenvalue weighted by atomic mass is 16.5. The predicted octanol–water partition coefficient (Wildman–Crippen LogP) is 2.26. The average molecular weight is 314 g/mol. The van der Waals surface area contributed by atoms with E-state index in [1.54, 1.807) is 6.26 Å². The molecular formula is C18H22N2O3. The van der Waals surface area contributed by atoms with Crippen LogP contribution in [0.2, 0.25) is 0 Å². The number of carbonyl (C=O) groups excluding carboxylic acids is 1. The molecule has 0 aliphatic carbocycles. The maximum Gasteiger partial charge on any atom is 0.254 e. The van der Waals surface area contributed by atoms with E-state index in [0.717, 1.165) is 29.9 Å². The van der Waals surface area contributed by atoms with Gasteiger partial charge in [-0.15, -0.1) is 0 Å². The topological polar surface area (TPSA) is 54.7 Å². The van der Waals surface area contributed by atoms with Crippen molar-refractivity contribution in [2.24, 2.45) is 0 Å². The van der Waals surface area contributed by atoms with E-state index in [-0.39, 0.29) is 12.0 Å². The summed E-state index contributed by atoms with van der Waals surface area (Å²) < 4.78 is 11.1. The molecule has 1 unspecified atom stereocenters. The Morgan fingerprint density at radius 2 is 2.17 bits per heavy atom.